The quantitative estimate of drug-likeness (QED) is 0.261. The number of fused-ring (bicyclic) bond motifs is 2. The first kappa shape index (κ1) is 22.5. The largest absolute Gasteiger partial charge is 0.271 e. The SMILES string of the molecule is Cc1cccc(C)c1N(CC(=O)N/N=C\c1c2ccccc2cc2ccccc12)S(C)(=O)=O. The monoisotopic (exact) mass is 459 g/mol. The number of sulfonamides is 1. The number of rotatable bonds is 6. The van der Waals surface area contributed by atoms with Crippen LogP contribution < -0.4 is 9.73 Å². The lowest BCUT2D eigenvalue weighted by atomic mass is 9.97. The van der Waals surface area contributed by atoms with E-state index in [0.29, 0.717) is 5.69 Å². The van der Waals surface area contributed by atoms with Crippen LogP contribution in [-0.2, 0) is 14.8 Å². The molecule has 0 aliphatic carbocycles. The van der Waals surface area contributed by atoms with Gasteiger partial charge in [0.1, 0.15) is 6.54 Å². The van der Waals surface area contributed by atoms with Gasteiger partial charge in [0.2, 0.25) is 10.0 Å². The number of hydrogen-bond acceptors (Lipinski definition) is 4. The minimum Gasteiger partial charge on any atom is -0.271 e. The summed E-state index contributed by atoms with van der Waals surface area (Å²) in [7, 11) is -3.67. The number of nitrogens with one attached hydrogen (secondary N) is 1. The summed E-state index contributed by atoms with van der Waals surface area (Å²) in [4.78, 5) is 12.7. The zero-order valence-electron chi connectivity index (χ0n) is 18.7. The van der Waals surface area contributed by atoms with Crippen LogP contribution in [0.4, 0.5) is 5.69 Å². The predicted octanol–water partition coefficient (Wildman–Crippen LogP) is 4.53. The molecule has 0 radical (unpaired) electrons. The highest BCUT2D eigenvalue weighted by Gasteiger charge is 2.23. The van der Waals surface area contributed by atoms with E-state index in [-0.39, 0.29) is 6.54 Å². The van der Waals surface area contributed by atoms with Crippen LogP contribution in [0.3, 0.4) is 0 Å². The number of aryl methyl sites for hydroxylation is 2. The van der Waals surface area contributed by atoms with Crippen LogP contribution in [0.2, 0.25) is 0 Å². The van der Waals surface area contributed by atoms with Crippen LogP contribution in [0, 0.1) is 13.8 Å². The van der Waals surface area contributed by atoms with Crippen molar-refractivity contribution in [2.45, 2.75) is 13.8 Å². The molecule has 0 aromatic heterocycles. The lowest BCUT2D eigenvalue weighted by molar-refractivity contribution is -0.119. The molecule has 6 nitrogen and oxygen atoms in total. The van der Waals surface area contributed by atoms with E-state index in [9.17, 15) is 13.2 Å². The number of benzene rings is 4. The Balaban J connectivity index is 1.62. The molecule has 4 aromatic carbocycles. The number of anilines is 1. The normalized spacial score (nSPS) is 11.8. The van der Waals surface area contributed by atoms with Crippen molar-refractivity contribution < 1.29 is 13.2 Å². The van der Waals surface area contributed by atoms with Crippen molar-refractivity contribution >= 4 is 49.4 Å². The third kappa shape index (κ3) is 4.73. The maximum Gasteiger partial charge on any atom is 0.260 e. The second-order valence-electron chi connectivity index (χ2n) is 8.04. The molecule has 0 saturated carbocycles. The maximum absolute atomic E-state index is 12.7. The summed E-state index contributed by atoms with van der Waals surface area (Å²) in [6.45, 7) is 3.28. The fraction of sp³-hybridized carbons (Fsp3) is 0.154. The van der Waals surface area contributed by atoms with E-state index in [4.69, 9.17) is 0 Å². The van der Waals surface area contributed by atoms with Gasteiger partial charge in [-0.1, -0.05) is 66.7 Å². The Hall–Kier alpha value is -3.71. The Morgan fingerprint density at radius 2 is 1.45 bits per heavy atom. The molecule has 0 spiro atoms. The highest BCUT2D eigenvalue weighted by atomic mass is 32.2. The standard InChI is InChI=1S/C26H25N3O3S/c1-18-9-8-10-19(2)26(18)29(33(3,31)32)17-25(30)28-27-16-24-22-13-6-4-11-20(22)15-21-12-5-7-14-23(21)24/h4-16H,17H2,1-3H3,(H,28,30)/b27-16-. The molecule has 0 saturated heterocycles. The molecule has 0 aliphatic heterocycles. The Morgan fingerprint density at radius 3 is 2.00 bits per heavy atom. The smallest absolute Gasteiger partial charge is 0.260 e. The molecular weight excluding hydrogens is 434 g/mol. The molecule has 0 unspecified atom stereocenters. The second kappa shape index (κ2) is 9.03. The fourth-order valence-corrected chi connectivity index (χ4v) is 5.06. The topological polar surface area (TPSA) is 78.8 Å². The van der Waals surface area contributed by atoms with Crippen molar-refractivity contribution in [3.63, 3.8) is 0 Å². The Morgan fingerprint density at radius 1 is 0.909 bits per heavy atom. The average Bonchev–Trinajstić information content (AvgIpc) is 2.77. The van der Waals surface area contributed by atoms with Gasteiger partial charge < -0.3 is 0 Å². The van der Waals surface area contributed by atoms with E-state index in [2.05, 4.69) is 16.6 Å². The van der Waals surface area contributed by atoms with Gasteiger partial charge in [-0.15, -0.1) is 0 Å². The van der Waals surface area contributed by atoms with Crippen molar-refractivity contribution in [3.8, 4) is 0 Å². The van der Waals surface area contributed by atoms with E-state index in [1.165, 1.54) is 0 Å². The lowest BCUT2D eigenvalue weighted by Gasteiger charge is -2.25. The van der Waals surface area contributed by atoms with E-state index < -0.39 is 15.9 Å². The van der Waals surface area contributed by atoms with Crippen LogP contribution in [0.15, 0.2) is 77.9 Å². The number of nitrogens with zero attached hydrogens (tertiary/aromatic N) is 2. The number of para-hydroxylation sites is 1. The van der Waals surface area contributed by atoms with Gasteiger partial charge in [-0.05, 0) is 52.6 Å². The molecule has 0 bridgehead atoms. The van der Waals surface area contributed by atoms with Crippen molar-refractivity contribution in [2.24, 2.45) is 5.10 Å². The van der Waals surface area contributed by atoms with E-state index >= 15 is 0 Å². The van der Waals surface area contributed by atoms with Crippen molar-refractivity contribution in [3.05, 3.63) is 89.5 Å². The first-order valence-corrected chi connectivity index (χ1v) is 12.4. The molecule has 33 heavy (non-hydrogen) atoms. The Kier molecular flexibility index (Phi) is 6.16. The summed E-state index contributed by atoms with van der Waals surface area (Å²) in [5.74, 6) is -0.524. The van der Waals surface area contributed by atoms with Crippen molar-refractivity contribution in [1.29, 1.82) is 0 Å². The fourth-order valence-electron chi connectivity index (χ4n) is 4.08. The molecule has 7 heteroatoms. The van der Waals surface area contributed by atoms with E-state index in [0.717, 1.165) is 48.8 Å². The molecule has 0 heterocycles. The maximum atomic E-state index is 12.7. The first-order valence-electron chi connectivity index (χ1n) is 10.5. The number of amides is 1. The van der Waals surface area contributed by atoms with Gasteiger partial charge in [-0.25, -0.2) is 13.8 Å². The van der Waals surface area contributed by atoms with E-state index in [1.54, 1.807) is 6.21 Å². The van der Waals surface area contributed by atoms with Crippen LogP contribution in [-0.4, -0.2) is 33.3 Å². The molecular formula is C26H25N3O3S. The van der Waals surface area contributed by atoms with Crippen LogP contribution >= 0.6 is 0 Å². The number of hydrazone groups is 1. The van der Waals surface area contributed by atoms with Gasteiger partial charge in [-0.3, -0.25) is 9.10 Å². The van der Waals surface area contributed by atoms with Crippen LogP contribution in [0.25, 0.3) is 21.5 Å². The highest BCUT2D eigenvalue weighted by molar-refractivity contribution is 7.92. The predicted molar refractivity (Wildman–Crippen MR) is 135 cm³/mol. The third-order valence-corrected chi connectivity index (χ3v) is 6.68. The summed E-state index contributed by atoms with van der Waals surface area (Å²) in [6, 6.07) is 23.6. The molecule has 0 atom stereocenters. The van der Waals surface area contributed by atoms with Gasteiger partial charge in [0, 0.05) is 5.56 Å². The van der Waals surface area contributed by atoms with Gasteiger partial charge in [0.15, 0.2) is 0 Å². The van der Waals surface area contributed by atoms with Gasteiger partial charge in [0.05, 0.1) is 18.2 Å². The summed E-state index contributed by atoms with van der Waals surface area (Å²) < 4.78 is 26.1. The van der Waals surface area contributed by atoms with Crippen LogP contribution in [0.1, 0.15) is 16.7 Å². The Bertz CT molecular complexity index is 1420. The zero-order valence-corrected chi connectivity index (χ0v) is 19.6. The molecule has 1 amide bonds. The molecule has 0 fully saturated rings. The minimum absolute atomic E-state index is 0.363. The first-order chi connectivity index (χ1) is 15.8. The number of carbonyl (C=O) groups is 1. The summed E-state index contributed by atoms with van der Waals surface area (Å²) >= 11 is 0. The summed E-state index contributed by atoms with van der Waals surface area (Å²) in [5.41, 5.74) is 5.45. The Labute approximate surface area is 193 Å². The van der Waals surface area contributed by atoms with Gasteiger partial charge in [0.25, 0.3) is 5.91 Å². The third-order valence-electron chi connectivity index (χ3n) is 5.57. The number of carbonyl (C=O) groups excluding carboxylic acids is 1. The minimum atomic E-state index is -3.67. The second-order valence-corrected chi connectivity index (χ2v) is 9.94. The molecule has 4 aromatic rings. The van der Waals surface area contributed by atoms with Gasteiger partial charge in [-0.2, -0.15) is 5.10 Å². The molecule has 0 aliphatic rings. The zero-order chi connectivity index (χ0) is 23.6. The number of hydrogen-bond donors (Lipinski definition) is 1. The summed E-state index contributed by atoms with van der Waals surface area (Å²) in [5, 5.41) is 8.34. The van der Waals surface area contributed by atoms with Gasteiger partial charge >= 0.3 is 0 Å². The highest BCUT2D eigenvalue weighted by Crippen LogP contribution is 2.28. The van der Waals surface area contributed by atoms with Crippen molar-refractivity contribution in [1.82, 2.24) is 5.43 Å². The summed E-state index contributed by atoms with van der Waals surface area (Å²) in [6.07, 6.45) is 2.71. The lowest BCUT2D eigenvalue weighted by Crippen LogP contribution is -2.39. The van der Waals surface area contributed by atoms with E-state index in [1.807, 2.05) is 80.6 Å². The molecule has 1 N–H and O–H groups in total. The van der Waals surface area contributed by atoms with Crippen LogP contribution in [0.5, 0.6) is 0 Å². The average molecular weight is 460 g/mol. The molecule has 168 valence electrons. The van der Waals surface area contributed by atoms with Crippen molar-refractivity contribution in [2.75, 3.05) is 17.1 Å². The molecule has 4 rings (SSSR count).